The van der Waals surface area contributed by atoms with Crippen LogP contribution < -0.4 is 5.73 Å². The Morgan fingerprint density at radius 1 is 1.53 bits per heavy atom. The molecule has 2 heterocycles. The molecule has 4 heteroatoms. The number of nitrogens with two attached hydrogens (primary N) is 1. The summed E-state index contributed by atoms with van der Waals surface area (Å²) in [5.41, 5.74) is 8.62. The number of nitrogens with zero attached hydrogens (tertiary/aromatic N) is 3. The zero-order valence-corrected chi connectivity index (χ0v) is 11.3. The van der Waals surface area contributed by atoms with Gasteiger partial charge < -0.3 is 5.73 Å². The van der Waals surface area contributed by atoms with Gasteiger partial charge >= 0.3 is 0 Å². The Bertz CT molecular complexity index is 385. The Labute approximate surface area is 104 Å². The Kier molecular flexibility index (Phi) is 3.54. The van der Waals surface area contributed by atoms with Crippen molar-refractivity contribution in [3.8, 4) is 0 Å². The minimum Gasteiger partial charge on any atom is -0.326 e. The van der Waals surface area contributed by atoms with Crippen LogP contribution in [0, 0.1) is 12.8 Å². The Morgan fingerprint density at radius 3 is 2.76 bits per heavy atom. The fraction of sp³-hybridized carbons (Fsp3) is 0.769. The van der Waals surface area contributed by atoms with E-state index in [4.69, 9.17) is 5.73 Å². The molecular weight excluding hydrogens is 212 g/mol. The predicted octanol–water partition coefficient (Wildman–Crippen LogP) is 1.46. The number of aromatic nitrogens is 2. The van der Waals surface area contributed by atoms with Gasteiger partial charge in [0.15, 0.2) is 0 Å². The average molecular weight is 236 g/mol. The molecule has 17 heavy (non-hydrogen) atoms. The quantitative estimate of drug-likeness (QED) is 0.845. The lowest BCUT2D eigenvalue weighted by Gasteiger charge is -2.38. The zero-order valence-electron chi connectivity index (χ0n) is 11.3. The van der Waals surface area contributed by atoms with E-state index < -0.39 is 0 Å². The molecule has 4 nitrogen and oxygen atoms in total. The molecule has 0 aliphatic carbocycles. The number of aryl methyl sites for hydroxylation is 2. The largest absolute Gasteiger partial charge is 0.326 e. The number of hydrogen-bond donors (Lipinski definition) is 1. The average Bonchev–Trinajstić information content (AvgIpc) is 2.61. The maximum Gasteiger partial charge on any atom is 0.0641 e. The van der Waals surface area contributed by atoms with Gasteiger partial charge in [0, 0.05) is 37.4 Å². The smallest absolute Gasteiger partial charge is 0.0641 e. The molecule has 0 spiro atoms. The van der Waals surface area contributed by atoms with Crippen LogP contribution in [0.15, 0.2) is 6.20 Å². The van der Waals surface area contributed by atoms with Crippen molar-refractivity contribution >= 4 is 0 Å². The summed E-state index contributed by atoms with van der Waals surface area (Å²) in [6.07, 6.45) is 3.33. The van der Waals surface area contributed by atoms with Gasteiger partial charge in [-0.1, -0.05) is 6.92 Å². The molecule has 2 N–H and O–H groups in total. The molecule has 1 fully saturated rings. The molecule has 0 aromatic carbocycles. The standard InChI is InChI=1S/C13H24N4/c1-9-5-6-17(8-13(9)14)11(3)12-7-16(4)15-10(12)2/h7,9,11,13H,5-6,8,14H2,1-4H3. The maximum atomic E-state index is 6.17. The first kappa shape index (κ1) is 12.6. The third-order valence-electron chi connectivity index (χ3n) is 4.10. The highest BCUT2D eigenvalue weighted by Gasteiger charge is 2.27. The minimum atomic E-state index is 0.308. The summed E-state index contributed by atoms with van der Waals surface area (Å²) in [5.74, 6) is 0.647. The fourth-order valence-corrected chi connectivity index (χ4v) is 2.70. The summed E-state index contributed by atoms with van der Waals surface area (Å²) >= 11 is 0. The Morgan fingerprint density at radius 2 is 2.24 bits per heavy atom. The van der Waals surface area contributed by atoms with E-state index in [0.29, 0.717) is 18.0 Å². The molecule has 3 unspecified atom stereocenters. The Balaban J connectivity index is 2.10. The van der Waals surface area contributed by atoms with Crippen molar-refractivity contribution in [1.29, 1.82) is 0 Å². The van der Waals surface area contributed by atoms with Crippen molar-refractivity contribution in [3.05, 3.63) is 17.5 Å². The minimum absolute atomic E-state index is 0.308. The number of hydrogen-bond acceptors (Lipinski definition) is 3. The molecule has 0 saturated carbocycles. The highest BCUT2D eigenvalue weighted by molar-refractivity contribution is 5.19. The molecule has 1 aromatic heterocycles. The summed E-state index contributed by atoms with van der Waals surface area (Å²) in [6, 6.07) is 0.727. The molecule has 3 atom stereocenters. The molecular formula is C13H24N4. The Hall–Kier alpha value is -0.870. The molecule has 0 bridgehead atoms. The first-order valence-corrected chi connectivity index (χ1v) is 6.48. The number of likely N-dealkylation sites (tertiary alicyclic amines) is 1. The second-order valence-corrected chi connectivity index (χ2v) is 5.44. The predicted molar refractivity (Wildman–Crippen MR) is 69.7 cm³/mol. The molecule has 96 valence electrons. The molecule has 0 radical (unpaired) electrons. The monoisotopic (exact) mass is 236 g/mol. The van der Waals surface area contributed by atoms with E-state index in [9.17, 15) is 0 Å². The van der Waals surface area contributed by atoms with Crippen LogP contribution >= 0.6 is 0 Å². The molecule has 1 aliphatic heterocycles. The van der Waals surface area contributed by atoms with Crippen molar-refractivity contribution in [2.75, 3.05) is 13.1 Å². The van der Waals surface area contributed by atoms with Gasteiger partial charge in [0.25, 0.3) is 0 Å². The van der Waals surface area contributed by atoms with Crippen molar-refractivity contribution in [3.63, 3.8) is 0 Å². The van der Waals surface area contributed by atoms with E-state index in [1.807, 2.05) is 11.7 Å². The van der Waals surface area contributed by atoms with Crippen molar-refractivity contribution in [2.24, 2.45) is 18.7 Å². The second-order valence-electron chi connectivity index (χ2n) is 5.44. The normalized spacial score (nSPS) is 28.3. The summed E-state index contributed by atoms with van der Waals surface area (Å²) in [7, 11) is 1.98. The van der Waals surface area contributed by atoms with Crippen molar-refractivity contribution < 1.29 is 0 Å². The number of piperidine rings is 1. The third-order valence-corrected chi connectivity index (χ3v) is 4.10. The zero-order chi connectivity index (χ0) is 12.6. The molecule has 0 amide bonds. The van der Waals surface area contributed by atoms with Crippen LogP contribution in [0.3, 0.4) is 0 Å². The summed E-state index contributed by atoms with van der Waals surface area (Å²) in [4.78, 5) is 2.48. The van der Waals surface area contributed by atoms with Gasteiger partial charge in [0.05, 0.1) is 5.69 Å². The first-order valence-electron chi connectivity index (χ1n) is 6.48. The third kappa shape index (κ3) is 2.53. The molecule has 1 aliphatic rings. The van der Waals surface area contributed by atoms with Gasteiger partial charge in [-0.3, -0.25) is 9.58 Å². The first-order chi connectivity index (χ1) is 7.99. The summed E-state index contributed by atoms with van der Waals surface area (Å²) < 4.78 is 1.90. The van der Waals surface area contributed by atoms with Crippen molar-refractivity contribution in [1.82, 2.24) is 14.7 Å². The van der Waals surface area contributed by atoms with E-state index >= 15 is 0 Å². The molecule has 2 rings (SSSR count). The van der Waals surface area contributed by atoms with E-state index in [2.05, 4.69) is 37.0 Å². The highest BCUT2D eigenvalue weighted by Crippen LogP contribution is 2.27. The van der Waals surface area contributed by atoms with Gasteiger partial charge in [0.2, 0.25) is 0 Å². The van der Waals surface area contributed by atoms with Gasteiger partial charge in [-0.15, -0.1) is 0 Å². The number of rotatable bonds is 2. The van der Waals surface area contributed by atoms with Crippen LogP contribution in [-0.4, -0.2) is 33.8 Å². The van der Waals surface area contributed by atoms with Gasteiger partial charge in [-0.25, -0.2) is 0 Å². The lowest BCUT2D eigenvalue weighted by molar-refractivity contribution is 0.128. The van der Waals surface area contributed by atoms with Crippen LogP contribution in [-0.2, 0) is 7.05 Å². The molecule has 1 aromatic rings. The highest BCUT2D eigenvalue weighted by atomic mass is 15.3. The summed E-state index contributed by atoms with van der Waals surface area (Å²) in [5, 5.41) is 4.42. The van der Waals surface area contributed by atoms with E-state index in [1.54, 1.807) is 0 Å². The van der Waals surface area contributed by atoms with Gasteiger partial charge in [0.1, 0.15) is 0 Å². The summed E-state index contributed by atoms with van der Waals surface area (Å²) in [6.45, 7) is 8.73. The lowest BCUT2D eigenvalue weighted by atomic mass is 9.92. The topological polar surface area (TPSA) is 47.1 Å². The fourth-order valence-electron chi connectivity index (χ4n) is 2.70. The second kappa shape index (κ2) is 4.78. The lowest BCUT2D eigenvalue weighted by Crippen LogP contribution is -2.48. The van der Waals surface area contributed by atoms with E-state index in [1.165, 1.54) is 12.0 Å². The van der Waals surface area contributed by atoms with Crippen LogP contribution in [0.5, 0.6) is 0 Å². The SMILES string of the molecule is Cc1nn(C)cc1C(C)N1CCC(C)C(N)C1. The van der Waals surface area contributed by atoms with Gasteiger partial charge in [-0.2, -0.15) is 5.10 Å². The van der Waals surface area contributed by atoms with Crippen LogP contribution in [0.25, 0.3) is 0 Å². The molecule has 1 saturated heterocycles. The van der Waals surface area contributed by atoms with Crippen molar-refractivity contribution in [2.45, 2.75) is 39.3 Å². The van der Waals surface area contributed by atoms with E-state index in [0.717, 1.165) is 18.8 Å². The van der Waals surface area contributed by atoms with Crippen LogP contribution in [0.1, 0.15) is 37.6 Å². The van der Waals surface area contributed by atoms with Gasteiger partial charge in [-0.05, 0) is 32.7 Å². The van der Waals surface area contributed by atoms with E-state index in [-0.39, 0.29) is 0 Å². The van der Waals surface area contributed by atoms with Crippen LogP contribution in [0.4, 0.5) is 0 Å². The van der Waals surface area contributed by atoms with Crippen LogP contribution in [0.2, 0.25) is 0 Å². The maximum absolute atomic E-state index is 6.17.